The van der Waals surface area contributed by atoms with Gasteiger partial charge < -0.3 is 0 Å². The summed E-state index contributed by atoms with van der Waals surface area (Å²) in [5.41, 5.74) is 0. The van der Waals surface area contributed by atoms with Gasteiger partial charge in [0.2, 0.25) is 0 Å². The quantitative estimate of drug-likeness (QED) is 0.713. The minimum atomic E-state index is -2.54. The van der Waals surface area contributed by atoms with Gasteiger partial charge in [-0.1, -0.05) is 0 Å². The van der Waals surface area contributed by atoms with Crippen LogP contribution in [0.4, 0.5) is 8.78 Å². The van der Waals surface area contributed by atoms with Crippen LogP contribution in [0.5, 0.6) is 0 Å². The lowest BCUT2D eigenvalue weighted by Gasteiger charge is -1.95. The fourth-order valence-electron chi connectivity index (χ4n) is 0.971. The standard InChI is InChI=1S/C6H5BrF2N2/c7-4-2-10-11(3-4)5-1-6(5,8)9/h2-3,5H,1H2/t5-/m0/s1. The van der Waals surface area contributed by atoms with Crippen LogP contribution in [-0.2, 0) is 0 Å². The van der Waals surface area contributed by atoms with Gasteiger partial charge in [0.1, 0.15) is 6.04 Å². The second-order valence-corrected chi connectivity index (χ2v) is 3.54. The number of aromatic nitrogens is 2. The average molecular weight is 223 g/mol. The van der Waals surface area contributed by atoms with Crippen LogP contribution < -0.4 is 0 Å². The van der Waals surface area contributed by atoms with Crippen molar-refractivity contribution in [1.29, 1.82) is 0 Å². The maximum atomic E-state index is 12.4. The molecule has 11 heavy (non-hydrogen) atoms. The molecule has 1 atom stereocenters. The summed E-state index contributed by atoms with van der Waals surface area (Å²) in [6.07, 6.45) is 2.99. The lowest BCUT2D eigenvalue weighted by atomic mass is 10.6. The van der Waals surface area contributed by atoms with E-state index in [0.717, 1.165) is 4.47 Å². The van der Waals surface area contributed by atoms with Crippen LogP contribution in [0.1, 0.15) is 12.5 Å². The van der Waals surface area contributed by atoms with E-state index in [4.69, 9.17) is 0 Å². The summed E-state index contributed by atoms with van der Waals surface area (Å²) in [6, 6.07) is -0.714. The Bertz CT molecular complexity index is 284. The van der Waals surface area contributed by atoms with Gasteiger partial charge in [0, 0.05) is 12.6 Å². The maximum absolute atomic E-state index is 12.4. The highest BCUT2D eigenvalue weighted by Gasteiger charge is 2.58. The van der Waals surface area contributed by atoms with E-state index in [0.29, 0.717) is 0 Å². The first-order valence-corrected chi connectivity index (χ1v) is 3.96. The summed E-state index contributed by atoms with van der Waals surface area (Å²) < 4.78 is 26.9. The summed E-state index contributed by atoms with van der Waals surface area (Å²) in [6.45, 7) is 0. The summed E-state index contributed by atoms with van der Waals surface area (Å²) in [7, 11) is 0. The van der Waals surface area contributed by atoms with E-state index < -0.39 is 12.0 Å². The minimum absolute atomic E-state index is 0.0822. The fraction of sp³-hybridized carbons (Fsp3) is 0.500. The van der Waals surface area contributed by atoms with Gasteiger partial charge in [-0.2, -0.15) is 5.10 Å². The van der Waals surface area contributed by atoms with Crippen LogP contribution in [0, 0.1) is 0 Å². The predicted octanol–water partition coefficient (Wildman–Crippen LogP) is 2.23. The lowest BCUT2D eigenvalue weighted by molar-refractivity contribution is 0.0983. The van der Waals surface area contributed by atoms with Crippen LogP contribution in [0.3, 0.4) is 0 Å². The molecule has 2 rings (SSSR count). The molecule has 1 aliphatic rings. The van der Waals surface area contributed by atoms with E-state index in [9.17, 15) is 8.78 Å². The molecule has 0 N–H and O–H groups in total. The summed E-state index contributed by atoms with van der Waals surface area (Å²) in [4.78, 5) is 0. The van der Waals surface area contributed by atoms with Crippen LogP contribution in [0.2, 0.25) is 0 Å². The molecule has 0 radical (unpaired) electrons. The highest BCUT2D eigenvalue weighted by Crippen LogP contribution is 2.52. The van der Waals surface area contributed by atoms with Crippen molar-refractivity contribution >= 4 is 15.9 Å². The number of hydrogen-bond acceptors (Lipinski definition) is 1. The van der Waals surface area contributed by atoms with E-state index in [2.05, 4.69) is 21.0 Å². The fourth-order valence-corrected chi connectivity index (χ4v) is 1.27. The number of alkyl halides is 2. The van der Waals surface area contributed by atoms with Gasteiger partial charge in [0.25, 0.3) is 5.92 Å². The molecule has 1 fully saturated rings. The molecule has 1 aromatic heterocycles. The molecule has 0 spiro atoms. The molecule has 0 aromatic carbocycles. The van der Waals surface area contributed by atoms with Crippen LogP contribution in [0.15, 0.2) is 16.9 Å². The molecule has 0 bridgehead atoms. The van der Waals surface area contributed by atoms with E-state index in [1.807, 2.05) is 0 Å². The van der Waals surface area contributed by atoms with Crippen LogP contribution in [-0.4, -0.2) is 15.7 Å². The second kappa shape index (κ2) is 2.03. The van der Waals surface area contributed by atoms with E-state index in [1.165, 1.54) is 10.9 Å². The molecule has 0 amide bonds. The van der Waals surface area contributed by atoms with Gasteiger partial charge in [0.05, 0.1) is 10.7 Å². The van der Waals surface area contributed by atoms with Crippen molar-refractivity contribution in [1.82, 2.24) is 9.78 Å². The largest absolute Gasteiger partial charge is 0.272 e. The Hall–Kier alpha value is -0.450. The van der Waals surface area contributed by atoms with Crippen molar-refractivity contribution < 1.29 is 8.78 Å². The molecular formula is C6H5BrF2N2. The Kier molecular flexibility index (Phi) is 1.33. The molecular weight excluding hydrogens is 218 g/mol. The highest BCUT2D eigenvalue weighted by molar-refractivity contribution is 9.10. The highest BCUT2D eigenvalue weighted by atomic mass is 79.9. The zero-order valence-electron chi connectivity index (χ0n) is 5.47. The van der Waals surface area contributed by atoms with Gasteiger partial charge in [-0.3, -0.25) is 4.68 Å². The van der Waals surface area contributed by atoms with Crippen molar-refractivity contribution in [2.45, 2.75) is 18.4 Å². The third-order valence-electron chi connectivity index (χ3n) is 1.68. The minimum Gasteiger partial charge on any atom is -0.262 e. The SMILES string of the molecule is FC1(F)C[C@@H]1n1cc(Br)cn1. The Morgan fingerprint density at radius 2 is 2.36 bits per heavy atom. The zero-order chi connectivity index (χ0) is 8.06. The number of nitrogens with zero attached hydrogens (tertiary/aromatic N) is 2. The van der Waals surface area contributed by atoms with Crippen molar-refractivity contribution in [3.8, 4) is 0 Å². The monoisotopic (exact) mass is 222 g/mol. The number of rotatable bonds is 1. The van der Waals surface area contributed by atoms with Gasteiger partial charge in [-0.05, 0) is 15.9 Å². The summed E-state index contributed by atoms with van der Waals surface area (Å²) in [5, 5.41) is 3.76. The first kappa shape index (κ1) is 7.21. The molecule has 2 nitrogen and oxygen atoms in total. The predicted molar refractivity (Wildman–Crippen MR) is 38.5 cm³/mol. The Morgan fingerprint density at radius 1 is 1.73 bits per heavy atom. The van der Waals surface area contributed by atoms with E-state index in [1.54, 1.807) is 6.20 Å². The van der Waals surface area contributed by atoms with Crippen molar-refractivity contribution in [3.05, 3.63) is 16.9 Å². The van der Waals surface area contributed by atoms with Crippen molar-refractivity contribution in [3.63, 3.8) is 0 Å². The lowest BCUT2D eigenvalue weighted by Crippen LogP contribution is -2.01. The van der Waals surface area contributed by atoms with Gasteiger partial charge in [-0.15, -0.1) is 0 Å². The third kappa shape index (κ3) is 1.17. The number of hydrogen-bond donors (Lipinski definition) is 0. The van der Waals surface area contributed by atoms with E-state index in [-0.39, 0.29) is 6.42 Å². The normalized spacial score (nSPS) is 27.0. The molecule has 1 aliphatic carbocycles. The van der Waals surface area contributed by atoms with Crippen molar-refractivity contribution in [2.24, 2.45) is 0 Å². The molecule has 60 valence electrons. The summed E-state index contributed by atoms with van der Waals surface area (Å²) >= 11 is 3.14. The molecule has 1 saturated carbocycles. The molecule has 0 unspecified atom stereocenters. The van der Waals surface area contributed by atoms with Gasteiger partial charge in [-0.25, -0.2) is 8.78 Å². The van der Waals surface area contributed by atoms with Crippen molar-refractivity contribution in [2.75, 3.05) is 0 Å². The molecule has 1 aromatic rings. The molecule has 5 heteroatoms. The Labute approximate surface area is 70.3 Å². The molecule has 0 saturated heterocycles. The average Bonchev–Trinajstić information content (AvgIpc) is 2.39. The Morgan fingerprint density at radius 3 is 2.73 bits per heavy atom. The van der Waals surface area contributed by atoms with E-state index >= 15 is 0 Å². The Balaban J connectivity index is 2.20. The van der Waals surface area contributed by atoms with Crippen LogP contribution in [0.25, 0.3) is 0 Å². The molecule has 1 heterocycles. The molecule has 0 aliphatic heterocycles. The first-order chi connectivity index (χ1) is 5.09. The topological polar surface area (TPSA) is 17.8 Å². The zero-order valence-corrected chi connectivity index (χ0v) is 7.05. The van der Waals surface area contributed by atoms with Crippen LogP contribution >= 0.6 is 15.9 Å². The third-order valence-corrected chi connectivity index (χ3v) is 2.09. The smallest absolute Gasteiger partial charge is 0.262 e. The second-order valence-electron chi connectivity index (χ2n) is 2.62. The maximum Gasteiger partial charge on any atom is 0.272 e. The number of halogens is 3. The summed E-state index contributed by atoms with van der Waals surface area (Å²) in [5.74, 6) is -2.54. The van der Waals surface area contributed by atoms with Gasteiger partial charge >= 0.3 is 0 Å². The first-order valence-electron chi connectivity index (χ1n) is 3.17. The van der Waals surface area contributed by atoms with Gasteiger partial charge in [0.15, 0.2) is 0 Å².